The number of aryl methyl sites for hydroxylation is 1. The third kappa shape index (κ3) is 7.27. The largest absolute Gasteiger partial charge is 0.357 e. The number of rotatable bonds is 9. The number of nitrogens with one attached hydrogen (secondary N) is 3. The first-order chi connectivity index (χ1) is 14.7. The minimum atomic E-state index is -0.0435. The van der Waals surface area contributed by atoms with Gasteiger partial charge in [0, 0.05) is 43.5 Å². The van der Waals surface area contributed by atoms with Gasteiger partial charge in [0.25, 0.3) is 5.91 Å². The fourth-order valence-corrected chi connectivity index (χ4v) is 3.33. The number of hydrogen-bond acceptors (Lipinski definition) is 2. The Balaban J connectivity index is 0.00000341. The molecule has 0 spiro atoms. The van der Waals surface area contributed by atoms with Crippen LogP contribution in [0.5, 0.6) is 0 Å². The van der Waals surface area contributed by atoms with E-state index in [0.29, 0.717) is 18.7 Å². The molecule has 0 saturated carbocycles. The second-order valence-electron chi connectivity index (χ2n) is 7.10. The molecule has 7 heteroatoms. The molecule has 0 aliphatic heterocycles. The zero-order valence-electron chi connectivity index (χ0n) is 18.2. The smallest absolute Gasteiger partial charge is 0.251 e. The summed E-state index contributed by atoms with van der Waals surface area (Å²) in [4.78, 5) is 16.5. The van der Waals surface area contributed by atoms with Gasteiger partial charge in [-0.3, -0.25) is 4.79 Å². The molecule has 1 amide bonds. The van der Waals surface area contributed by atoms with E-state index in [1.165, 1.54) is 10.9 Å². The molecule has 166 valence electrons. The minimum Gasteiger partial charge on any atom is -0.357 e. The summed E-state index contributed by atoms with van der Waals surface area (Å²) < 4.78 is 2.29. The molecule has 0 radical (unpaired) electrons. The molecule has 31 heavy (non-hydrogen) atoms. The van der Waals surface area contributed by atoms with Crippen molar-refractivity contribution in [2.45, 2.75) is 33.4 Å². The lowest BCUT2D eigenvalue weighted by molar-refractivity contribution is 0.0956. The summed E-state index contributed by atoms with van der Waals surface area (Å²) >= 11 is 0. The summed E-state index contributed by atoms with van der Waals surface area (Å²) in [6.07, 6.45) is 3.15. The normalized spacial score (nSPS) is 11.1. The summed E-state index contributed by atoms with van der Waals surface area (Å²) in [5.74, 6) is 0.765. The Morgan fingerprint density at radius 2 is 1.68 bits per heavy atom. The summed E-state index contributed by atoms with van der Waals surface area (Å²) in [6.45, 7) is 7.78. The van der Waals surface area contributed by atoms with Crippen molar-refractivity contribution in [1.82, 2.24) is 20.5 Å². The van der Waals surface area contributed by atoms with Crippen LogP contribution in [-0.4, -0.2) is 36.1 Å². The van der Waals surface area contributed by atoms with Gasteiger partial charge in [-0.1, -0.05) is 30.3 Å². The van der Waals surface area contributed by atoms with Crippen LogP contribution in [0.15, 0.2) is 65.8 Å². The van der Waals surface area contributed by atoms with E-state index in [-0.39, 0.29) is 29.9 Å². The molecule has 2 aromatic carbocycles. The Kier molecular flexibility index (Phi) is 10.4. The van der Waals surface area contributed by atoms with E-state index in [1.807, 2.05) is 31.2 Å². The maximum absolute atomic E-state index is 11.9. The number of amides is 1. The second kappa shape index (κ2) is 13.0. The lowest BCUT2D eigenvalue weighted by Gasteiger charge is -2.12. The molecule has 1 heterocycles. The van der Waals surface area contributed by atoms with Gasteiger partial charge in [0.15, 0.2) is 5.96 Å². The van der Waals surface area contributed by atoms with Crippen LogP contribution in [0.3, 0.4) is 0 Å². The first-order valence-corrected chi connectivity index (χ1v) is 10.6. The predicted octanol–water partition coefficient (Wildman–Crippen LogP) is 4.15. The van der Waals surface area contributed by atoms with Gasteiger partial charge in [0.1, 0.15) is 0 Å². The van der Waals surface area contributed by atoms with E-state index in [0.717, 1.165) is 37.6 Å². The molecule has 0 aliphatic carbocycles. The van der Waals surface area contributed by atoms with Crippen molar-refractivity contribution < 1.29 is 4.79 Å². The van der Waals surface area contributed by atoms with E-state index in [4.69, 9.17) is 0 Å². The highest BCUT2D eigenvalue weighted by Gasteiger charge is 2.04. The molecule has 0 aliphatic rings. The predicted molar refractivity (Wildman–Crippen MR) is 139 cm³/mol. The molecular weight excluding hydrogens is 501 g/mol. The topological polar surface area (TPSA) is 70.4 Å². The van der Waals surface area contributed by atoms with Crippen molar-refractivity contribution in [3.63, 3.8) is 0 Å². The van der Waals surface area contributed by atoms with E-state index in [1.54, 1.807) is 0 Å². The van der Waals surface area contributed by atoms with Gasteiger partial charge in [-0.05, 0) is 55.5 Å². The molecular formula is C24H32IN5O. The average molecular weight is 533 g/mol. The van der Waals surface area contributed by atoms with E-state index >= 15 is 0 Å². The number of aliphatic imine (C=N–C) groups is 1. The molecule has 0 atom stereocenters. The molecule has 0 bridgehead atoms. The van der Waals surface area contributed by atoms with Crippen molar-refractivity contribution in [3.8, 4) is 0 Å². The van der Waals surface area contributed by atoms with Crippen LogP contribution in [0, 0.1) is 0 Å². The maximum Gasteiger partial charge on any atom is 0.251 e. The van der Waals surface area contributed by atoms with Gasteiger partial charge in [0.05, 0.1) is 6.54 Å². The fourth-order valence-electron chi connectivity index (χ4n) is 3.33. The highest BCUT2D eigenvalue weighted by Crippen LogP contribution is 2.15. The van der Waals surface area contributed by atoms with Gasteiger partial charge in [-0.2, -0.15) is 0 Å². The van der Waals surface area contributed by atoms with Crippen molar-refractivity contribution in [3.05, 3.63) is 71.9 Å². The van der Waals surface area contributed by atoms with Gasteiger partial charge >= 0.3 is 0 Å². The Morgan fingerprint density at radius 1 is 0.935 bits per heavy atom. The number of fused-ring (bicyclic) bond motifs is 1. The minimum absolute atomic E-state index is 0. The number of aromatic nitrogens is 1. The number of benzene rings is 2. The van der Waals surface area contributed by atoms with Gasteiger partial charge in [0.2, 0.25) is 0 Å². The molecule has 1 aromatic heterocycles. The number of guanidine groups is 1. The molecule has 0 fully saturated rings. The Labute approximate surface area is 201 Å². The van der Waals surface area contributed by atoms with Gasteiger partial charge in [-0.25, -0.2) is 4.99 Å². The van der Waals surface area contributed by atoms with Crippen molar-refractivity contribution in [2.75, 3.05) is 19.6 Å². The summed E-state index contributed by atoms with van der Waals surface area (Å²) in [7, 11) is 0. The van der Waals surface area contributed by atoms with Crippen molar-refractivity contribution in [2.24, 2.45) is 4.99 Å². The third-order valence-electron chi connectivity index (χ3n) is 4.87. The van der Waals surface area contributed by atoms with Crippen LogP contribution in [0.1, 0.15) is 36.2 Å². The molecule has 3 aromatic rings. The number of hydrogen-bond donors (Lipinski definition) is 3. The molecule has 6 nitrogen and oxygen atoms in total. The van der Waals surface area contributed by atoms with Crippen molar-refractivity contribution in [1.29, 1.82) is 0 Å². The van der Waals surface area contributed by atoms with E-state index < -0.39 is 0 Å². The Morgan fingerprint density at radius 3 is 2.42 bits per heavy atom. The number of carbonyl (C=O) groups is 1. The summed E-state index contributed by atoms with van der Waals surface area (Å²) in [5.41, 5.74) is 3.01. The van der Waals surface area contributed by atoms with Crippen LogP contribution < -0.4 is 16.0 Å². The number of halogens is 1. The first kappa shape index (κ1) is 24.7. The van der Waals surface area contributed by atoms with E-state index in [9.17, 15) is 4.79 Å². The van der Waals surface area contributed by atoms with Crippen LogP contribution >= 0.6 is 24.0 Å². The van der Waals surface area contributed by atoms with Gasteiger partial charge in [-0.15, -0.1) is 24.0 Å². The van der Waals surface area contributed by atoms with Crippen LogP contribution in [0.4, 0.5) is 0 Å². The maximum atomic E-state index is 11.9. The second-order valence-corrected chi connectivity index (χ2v) is 7.10. The first-order valence-electron chi connectivity index (χ1n) is 10.6. The number of para-hydroxylation sites is 1. The monoisotopic (exact) mass is 533 g/mol. The summed E-state index contributed by atoms with van der Waals surface area (Å²) in [5, 5.41) is 10.8. The standard InChI is InChI=1S/C24H31N5O.HI/c1-3-25-23(30)21-12-10-19(11-13-21)18-28-24(26-4-2)27-15-7-16-29-17-14-20-8-5-6-9-22(20)29;/h5-6,8-14,17H,3-4,7,15-16,18H2,1-2H3,(H,25,30)(H2,26,27,28);1H. The van der Waals surface area contributed by atoms with Crippen LogP contribution in [0.25, 0.3) is 10.9 Å². The van der Waals surface area contributed by atoms with E-state index in [2.05, 4.69) is 69.0 Å². The molecule has 3 rings (SSSR count). The Bertz CT molecular complexity index is 981. The molecule has 0 saturated heterocycles. The number of carbonyl (C=O) groups excluding carboxylic acids is 1. The zero-order chi connectivity index (χ0) is 21.2. The van der Waals surface area contributed by atoms with Crippen LogP contribution in [0.2, 0.25) is 0 Å². The molecule has 3 N–H and O–H groups in total. The molecule has 0 unspecified atom stereocenters. The highest BCUT2D eigenvalue weighted by atomic mass is 127. The zero-order valence-corrected chi connectivity index (χ0v) is 20.6. The quantitative estimate of drug-likeness (QED) is 0.168. The third-order valence-corrected chi connectivity index (χ3v) is 4.87. The van der Waals surface area contributed by atoms with Crippen molar-refractivity contribution >= 4 is 46.7 Å². The fraction of sp³-hybridized carbons (Fsp3) is 0.333. The average Bonchev–Trinajstić information content (AvgIpc) is 3.18. The summed E-state index contributed by atoms with van der Waals surface area (Å²) in [6, 6.07) is 18.2. The Hall–Kier alpha value is -2.55. The SMILES string of the molecule is CCNC(=O)c1ccc(CN=C(NCC)NCCCn2ccc3ccccc32)cc1.I. The lowest BCUT2D eigenvalue weighted by Crippen LogP contribution is -2.38. The highest BCUT2D eigenvalue weighted by molar-refractivity contribution is 14.0. The lowest BCUT2D eigenvalue weighted by atomic mass is 10.1. The van der Waals surface area contributed by atoms with Crippen LogP contribution in [-0.2, 0) is 13.1 Å². The number of nitrogens with zero attached hydrogens (tertiary/aromatic N) is 2. The van der Waals surface area contributed by atoms with Gasteiger partial charge < -0.3 is 20.5 Å².